The molecule has 0 radical (unpaired) electrons. The lowest BCUT2D eigenvalue weighted by atomic mass is 10.2. The van der Waals surface area contributed by atoms with E-state index in [0.29, 0.717) is 36.3 Å². The van der Waals surface area contributed by atoms with Gasteiger partial charge in [-0.05, 0) is 49.8 Å². The highest BCUT2D eigenvalue weighted by Crippen LogP contribution is 2.38. The lowest BCUT2D eigenvalue weighted by Crippen LogP contribution is -2.38. The molecule has 3 rings (SSSR count). The number of aliphatic imine (C=N–C) groups is 1. The zero-order valence-corrected chi connectivity index (χ0v) is 16.8. The van der Waals surface area contributed by atoms with Crippen LogP contribution in [-0.2, 0) is 11.3 Å². The Morgan fingerprint density at radius 3 is 2.93 bits per heavy atom. The van der Waals surface area contributed by atoms with Crippen LogP contribution in [0.5, 0.6) is 11.5 Å². The molecule has 1 saturated carbocycles. The molecule has 0 aromatic heterocycles. The molecular weight excluding hydrogens is 366 g/mol. The fraction of sp³-hybridized carbons (Fsp3) is 0.650. The maximum Gasteiger partial charge on any atom is 0.191 e. The Labute approximate surface area is 166 Å². The lowest BCUT2D eigenvalue weighted by Gasteiger charge is -2.13. The number of rotatable bonds is 9. The largest absolute Gasteiger partial charge is 0.489 e. The van der Waals surface area contributed by atoms with E-state index in [1.807, 2.05) is 12.1 Å². The summed E-state index contributed by atoms with van der Waals surface area (Å²) in [6, 6.07) is 3.86. The normalized spacial score (nSPS) is 16.7. The van der Waals surface area contributed by atoms with Crippen LogP contribution in [-0.4, -0.2) is 45.5 Å². The molecule has 1 heterocycles. The van der Waals surface area contributed by atoms with E-state index >= 15 is 0 Å². The second-order valence-corrected chi connectivity index (χ2v) is 7.36. The van der Waals surface area contributed by atoms with Gasteiger partial charge in [-0.1, -0.05) is 11.6 Å². The second kappa shape index (κ2) is 10.6. The van der Waals surface area contributed by atoms with Crippen molar-refractivity contribution in [2.24, 2.45) is 10.9 Å². The first kappa shape index (κ1) is 20.1. The van der Waals surface area contributed by atoms with Crippen LogP contribution in [0.1, 0.15) is 38.2 Å². The van der Waals surface area contributed by atoms with E-state index in [9.17, 15) is 0 Å². The van der Waals surface area contributed by atoms with Crippen LogP contribution in [0.4, 0.5) is 0 Å². The van der Waals surface area contributed by atoms with Gasteiger partial charge in [0.2, 0.25) is 0 Å². The Balaban J connectivity index is 1.49. The maximum atomic E-state index is 6.36. The molecule has 0 saturated heterocycles. The molecule has 0 amide bonds. The molecular formula is C20H30ClN3O3. The molecule has 150 valence electrons. The molecule has 27 heavy (non-hydrogen) atoms. The Kier molecular flexibility index (Phi) is 7.90. The summed E-state index contributed by atoms with van der Waals surface area (Å²) in [7, 11) is 0. The van der Waals surface area contributed by atoms with Crippen LogP contribution in [0.15, 0.2) is 17.1 Å². The Morgan fingerprint density at radius 2 is 2.11 bits per heavy atom. The zero-order chi connectivity index (χ0) is 18.9. The molecule has 2 aliphatic rings. The lowest BCUT2D eigenvalue weighted by molar-refractivity contribution is 0.123. The average molecular weight is 396 g/mol. The van der Waals surface area contributed by atoms with E-state index in [-0.39, 0.29) is 0 Å². The SMILES string of the molecule is CCNC(=NCc1cc(Cl)c2c(c1)OCCCO2)NCCCOCC1CC1. The van der Waals surface area contributed by atoms with Crippen molar-refractivity contribution >= 4 is 17.6 Å². The van der Waals surface area contributed by atoms with Crippen molar-refractivity contribution < 1.29 is 14.2 Å². The third kappa shape index (κ3) is 6.78. The van der Waals surface area contributed by atoms with Gasteiger partial charge in [0, 0.05) is 32.7 Å². The highest BCUT2D eigenvalue weighted by atomic mass is 35.5. The molecule has 1 aliphatic carbocycles. The molecule has 0 spiro atoms. The number of benzene rings is 1. The highest BCUT2D eigenvalue weighted by molar-refractivity contribution is 6.32. The van der Waals surface area contributed by atoms with E-state index in [4.69, 9.17) is 25.8 Å². The summed E-state index contributed by atoms with van der Waals surface area (Å²) in [6.07, 6.45) is 4.49. The number of fused-ring (bicyclic) bond motifs is 1. The minimum atomic E-state index is 0.518. The van der Waals surface area contributed by atoms with Gasteiger partial charge in [-0.15, -0.1) is 0 Å². The molecule has 1 fully saturated rings. The Hall–Kier alpha value is -1.66. The first-order valence-electron chi connectivity index (χ1n) is 9.94. The van der Waals surface area contributed by atoms with Gasteiger partial charge in [0.15, 0.2) is 17.5 Å². The summed E-state index contributed by atoms with van der Waals surface area (Å²) in [5.41, 5.74) is 0.995. The number of hydrogen-bond donors (Lipinski definition) is 2. The minimum Gasteiger partial charge on any atom is -0.489 e. The standard InChI is InChI=1S/C20H30ClN3O3/c1-2-22-20(23-7-3-8-25-14-15-5-6-15)24-13-16-11-17(21)19-18(12-16)26-9-4-10-27-19/h11-12,15H,2-10,13-14H2,1H3,(H2,22,23,24). The van der Waals surface area contributed by atoms with Gasteiger partial charge in [0.05, 0.1) is 24.8 Å². The molecule has 0 unspecified atom stereocenters. The number of nitrogens with one attached hydrogen (secondary N) is 2. The third-order valence-electron chi connectivity index (χ3n) is 4.43. The Morgan fingerprint density at radius 1 is 1.26 bits per heavy atom. The van der Waals surface area contributed by atoms with Crippen LogP contribution >= 0.6 is 11.6 Å². The van der Waals surface area contributed by atoms with E-state index in [1.54, 1.807) is 0 Å². The second-order valence-electron chi connectivity index (χ2n) is 6.95. The summed E-state index contributed by atoms with van der Waals surface area (Å²) < 4.78 is 17.1. The van der Waals surface area contributed by atoms with E-state index in [1.165, 1.54) is 12.8 Å². The number of ether oxygens (including phenoxy) is 3. The first-order chi connectivity index (χ1) is 13.3. The van der Waals surface area contributed by atoms with Crippen molar-refractivity contribution in [2.75, 3.05) is 39.5 Å². The summed E-state index contributed by atoms with van der Waals surface area (Å²) in [6.45, 7) is 7.19. The van der Waals surface area contributed by atoms with Crippen molar-refractivity contribution in [3.05, 3.63) is 22.7 Å². The molecule has 1 aliphatic heterocycles. The van der Waals surface area contributed by atoms with E-state index < -0.39 is 0 Å². The number of hydrogen-bond acceptors (Lipinski definition) is 4. The summed E-state index contributed by atoms with van der Waals surface area (Å²) in [5, 5.41) is 7.19. The molecule has 1 aromatic rings. The quantitative estimate of drug-likeness (QED) is 0.381. The monoisotopic (exact) mass is 395 g/mol. The number of guanidine groups is 1. The Bertz CT molecular complexity index is 635. The van der Waals surface area contributed by atoms with E-state index in [0.717, 1.165) is 56.6 Å². The van der Waals surface area contributed by atoms with Crippen LogP contribution in [0.3, 0.4) is 0 Å². The highest BCUT2D eigenvalue weighted by Gasteiger charge is 2.20. The van der Waals surface area contributed by atoms with Crippen molar-refractivity contribution in [1.29, 1.82) is 0 Å². The summed E-state index contributed by atoms with van der Waals surface area (Å²) in [4.78, 5) is 4.65. The van der Waals surface area contributed by atoms with E-state index in [2.05, 4.69) is 22.5 Å². The summed E-state index contributed by atoms with van der Waals surface area (Å²) in [5.74, 6) is 2.95. The minimum absolute atomic E-state index is 0.518. The average Bonchev–Trinajstić information content (AvgIpc) is 3.49. The van der Waals surface area contributed by atoms with Gasteiger partial charge in [-0.3, -0.25) is 0 Å². The number of halogens is 1. The van der Waals surface area contributed by atoms with Crippen LogP contribution in [0.25, 0.3) is 0 Å². The molecule has 1 aromatic carbocycles. The van der Waals surface area contributed by atoms with Gasteiger partial charge in [-0.25, -0.2) is 4.99 Å². The van der Waals surface area contributed by atoms with Gasteiger partial charge in [0.25, 0.3) is 0 Å². The predicted octanol–water partition coefficient (Wildman–Crippen LogP) is 3.37. The molecule has 0 bridgehead atoms. The first-order valence-corrected chi connectivity index (χ1v) is 10.3. The van der Waals surface area contributed by atoms with Crippen molar-refractivity contribution in [3.8, 4) is 11.5 Å². The van der Waals surface area contributed by atoms with Gasteiger partial charge >= 0.3 is 0 Å². The molecule has 7 heteroatoms. The molecule has 0 atom stereocenters. The predicted molar refractivity (Wildman–Crippen MR) is 108 cm³/mol. The number of nitrogens with zero attached hydrogens (tertiary/aromatic N) is 1. The zero-order valence-electron chi connectivity index (χ0n) is 16.1. The van der Waals surface area contributed by atoms with Crippen LogP contribution < -0.4 is 20.1 Å². The van der Waals surface area contributed by atoms with Crippen LogP contribution in [0, 0.1) is 5.92 Å². The van der Waals surface area contributed by atoms with Gasteiger partial charge < -0.3 is 24.8 Å². The van der Waals surface area contributed by atoms with Crippen molar-refractivity contribution in [2.45, 2.75) is 39.2 Å². The third-order valence-corrected chi connectivity index (χ3v) is 4.72. The molecule has 6 nitrogen and oxygen atoms in total. The fourth-order valence-electron chi connectivity index (χ4n) is 2.80. The van der Waals surface area contributed by atoms with Gasteiger partial charge in [-0.2, -0.15) is 0 Å². The smallest absolute Gasteiger partial charge is 0.191 e. The van der Waals surface area contributed by atoms with Crippen LogP contribution in [0.2, 0.25) is 5.02 Å². The van der Waals surface area contributed by atoms with Crippen molar-refractivity contribution in [3.63, 3.8) is 0 Å². The maximum absolute atomic E-state index is 6.36. The molecule has 2 N–H and O–H groups in total. The van der Waals surface area contributed by atoms with Crippen molar-refractivity contribution in [1.82, 2.24) is 10.6 Å². The topological polar surface area (TPSA) is 64.1 Å². The van der Waals surface area contributed by atoms with Gasteiger partial charge in [0.1, 0.15) is 0 Å². The summed E-state index contributed by atoms with van der Waals surface area (Å²) >= 11 is 6.36. The fourth-order valence-corrected chi connectivity index (χ4v) is 3.09.